The third-order valence-electron chi connectivity index (χ3n) is 3.79. The number of nitrogens with one attached hydrogen (secondary N) is 1. The molecule has 1 heterocycles. The lowest BCUT2D eigenvalue weighted by atomic mass is 10.1. The number of benzene rings is 2. The number of esters is 1. The lowest BCUT2D eigenvalue weighted by molar-refractivity contribution is -0.117. The van der Waals surface area contributed by atoms with Crippen LogP contribution in [-0.4, -0.2) is 33.9 Å². The van der Waals surface area contributed by atoms with Gasteiger partial charge in [0.1, 0.15) is 24.6 Å². The summed E-state index contributed by atoms with van der Waals surface area (Å²) in [6.45, 7) is -0.605. The maximum Gasteiger partial charge on any atom is 0.340 e. The number of ether oxygens (including phenoxy) is 2. The Labute approximate surface area is 154 Å². The van der Waals surface area contributed by atoms with Crippen molar-refractivity contribution in [2.45, 2.75) is 6.61 Å². The van der Waals surface area contributed by atoms with Crippen molar-refractivity contribution >= 4 is 27.8 Å². The molecule has 1 amide bonds. The molecule has 1 fully saturated rings. The predicted octanol–water partition coefficient (Wildman–Crippen LogP) is 1.37. The molecule has 142 valence electrons. The summed E-state index contributed by atoms with van der Waals surface area (Å²) in [5, 5.41) is 0. The fraction of sp³-hybridized carbons (Fsp3) is 0.176. The molecule has 0 atom stereocenters. The van der Waals surface area contributed by atoms with Crippen molar-refractivity contribution in [3.8, 4) is 5.75 Å². The average Bonchev–Trinajstić information content (AvgIpc) is 2.92. The molecule has 1 aliphatic rings. The van der Waals surface area contributed by atoms with Crippen LogP contribution in [0.4, 0.5) is 10.1 Å². The number of halogens is 1. The van der Waals surface area contributed by atoms with Crippen LogP contribution in [0.25, 0.3) is 0 Å². The summed E-state index contributed by atoms with van der Waals surface area (Å²) in [7, 11) is -3.24. The van der Waals surface area contributed by atoms with Gasteiger partial charge in [0.2, 0.25) is 0 Å². The minimum Gasteiger partial charge on any atom is -0.487 e. The monoisotopic (exact) mass is 394 g/mol. The summed E-state index contributed by atoms with van der Waals surface area (Å²) >= 11 is 0. The van der Waals surface area contributed by atoms with E-state index in [-0.39, 0.29) is 12.4 Å². The molecule has 1 saturated heterocycles. The predicted molar refractivity (Wildman–Crippen MR) is 92.9 cm³/mol. The highest BCUT2D eigenvalue weighted by Crippen LogP contribution is 2.36. The number of hydrogen-bond donors (Lipinski definition) is 1. The molecule has 0 radical (unpaired) electrons. The largest absolute Gasteiger partial charge is 0.487 e. The van der Waals surface area contributed by atoms with E-state index in [4.69, 9.17) is 4.74 Å². The van der Waals surface area contributed by atoms with E-state index in [9.17, 15) is 22.4 Å². The summed E-state index contributed by atoms with van der Waals surface area (Å²) in [5.74, 6) is -3.11. The van der Waals surface area contributed by atoms with Gasteiger partial charge >= 0.3 is 16.2 Å². The molecule has 8 nitrogen and oxygen atoms in total. The van der Waals surface area contributed by atoms with Gasteiger partial charge in [-0.25, -0.2) is 18.2 Å². The van der Waals surface area contributed by atoms with Gasteiger partial charge in [-0.1, -0.05) is 30.3 Å². The molecular formula is C17H15FN2O6S. The zero-order chi connectivity index (χ0) is 19.6. The summed E-state index contributed by atoms with van der Waals surface area (Å²) < 4.78 is 51.7. The van der Waals surface area contributed by atoms with Crippen LogP contribution in [0.2, 0.25) is 0 Å². The summed E-state index contributed by atoms with van der Waals surface area (Å²) in [6.07, 6.45) is 0. The Bertz CT molecular complexity index is 994. The Morgan fingerprint density at radius 1 is 1.22 bits per heavy atom. The van der Waals surface area contributed by atoms with E-state index < -0.39 is 45.7 Å². The maximum atomic E-state index is 15.0. The van der Waals surface area contributed by atoms with E-state index >= 15 is 0 Å². The van der Waals surface area contributed by atoms with Gasteiger partial charge in [-0.2, -0.15) is 8.42 Å². The van der Waals surface area contributed by atoms with Crippen LogP contribution in [0, 0.1) is 5.82 Å². The van der Waals surface area contributed by atoms with Crippen LogP contribution in [-0.2, 0) is 26.3 Å². The van der Waals surface area contributed by atoms with Gasteiger partial charge in [0, 0.05) is 0 Å². The second-order valence-corrected chi connectivity index (χ2v) is 7.17. The van der Waals surface area contributed by atoms with Crippen molar-refractivity contribution in [2.24, 2.45) is 0 Å². The van der Waals surface area contributed by atoms with Crippen LogP contribution < -0.4 is 13.8 Å². The van der Waals surface area contributed by atoms with Crippen molar-refractivity contribution < 1.29 is 31.9 Å². The molecule has 2 aromatic rings. The summed E-state index contributed by atoms with van der Waals surface area (Å²) in [6, 6.07) is 11.3. The molecule has 0 aliphatic carbocycles. The minimum atomic E-state index is -4.30. The van der Waals surface area contributed by atoms with Crippen LogP contribution in [0.5, 0.6) is 5.75 Å². The molecule has 10 heteroatoms. The maximum absolute atomic E-state index is 15.0. The fourth-order valence-corrected chi connectivity index (χ4v) is 3.70. The first-order chi connectivity index (χ1) is 12.8. The normalized spacial score (nSPS) is 15.3. The van der Waals surface area contributed by atoms with E-state index in [2.05, 4.69) is 4.74 Å². The smallest absolute Gasteiger partial charge is 0.340 e. The van der Waals surface area contributed by atoms with Gasteiger partial charge in [0.15, 0.2) is 5.82 Å². The molecule has 0 bridgehead atoms. The lowest BCUT2D eigenvalue weighted by Crippen LogP contribution is -2.31. The number of carbonyl (C=O) groups excluding carboxylic acids is 2. The number of nitrogens with zero attached hydrogens (tertiary/aromatic N) is 1. The van der Waals surface area contributed by atoms with Gasteiger partial charge in [0.25, 0.3) is 5.91 Å². The minimum absolute atomic E-state index is 0.0279. The van der Waals surface area contributed by atoms with Crippen molar-refractivity contribution in [1.29, 1.82) is 0 Å². The van der Waals surface area contributed by atoms with Crippen LogP contribution in [0.3, 0.4) is 0 Å². The first-order valence-electron chi connectivity index (χ1n) is 7.74. The molecule has 2 aromatic carbocycles. The van der Waals surface area contributed by atoms with E-state index in [1.807, 2.05) is 6.07 Å². The number of carbonyl (C=O) groups is 2. The Hall–Kier alpha value is -3.14. The quantitative estimate of drug-likeness (QED) is 0.769. The SMILES string of the molecule is COC(=O)c1ccc(OCc2ccccc2)c(N2CC(=O)NS2(=O)=O)c1F. The van der Waals surface area contributed by atoms with Crippen molar-refractivity contribution in [1.82, 2.24) is 4.72 Å². The van der Waals surface area contributed by atoms with Gasteiger partial charge in [-0.3, -0.25) is 4.79 Å². The standard InChI is InChI=1S/C17H15FN2O6S/c1-25-17(22)12-7-8-13(26-10-11-5-3-2-4-6-11)16(15(12)18)20-9-14(21)19-27(20,23)24/h2-8H,9-10H2,1H3,(H,19,21). The van der Waals surface area contributed by atoms with E-state index in [0.29, 0.717) is 4.31 Å². The van der Waals surface area contributed by atoms with Gasteiger partial charge in [-0.15, -0.1) is 0 Å². The number of amides is 1. The van der Waals surface area contributed by atoms with E-state index in [1.165, 1.54) is 6.07 Å². The van der Waals surface area contributed by atoms with Gasteiger partial charge in [0.05, 0.1) is 12.7 Å². The van der Waals surface area contributed by atoms with Crippen molar-refractivity contribution in [2.75, 3.05) is 18.0 Å². The highest BCUT2D eigenvalue weighted by atomic mass is 32.2. The molecule has 1 N–H and O–H groups in total. The fourth-order valence-electron chi connectivity index (χ4n) is 2.54. The average molecular weight is 394 g/mol. The molecular weight excluding hydrogens is 379 g/mol. The molecule has 27 heavy (non-hydrogen) atoms. The van der Waals surface area contributed by atoms with Gasteiger partial charge in [-0.05, 0) is 17.7 Å². The molecule has 0 saturated carbocycles. The first-order valence-corrected chi connectivity index (χ1v) is 9.18. The number of hydrogen-bond acceptors (Lipinski definition) is 6. The van der Waals surface area contributed by atoms with Crippen molar-refractivity contribution in [3.05, 3.63) is 59.4 Å². The van der Waals surface area contributed by atoms with Crippen LogP contribution >= 0.6 is 0 Å². The van der Waals surface area contributed by atoms with Crippen LogP contribution in [0.15, 0.2) is 42.5 Å². The number of rotatable bonds is 5. The lowest BCUT2D eigenvalue weighted by Gasteiger charge is -2.20. The zero-order valence-electron chi connectivity index (χ0n) is 14.1. The Kier molecular flexibility index (Phi) is 5.00. The highest BCUT2D eigenvalue weighted by molar-refractivity contribution is 7.92. The topological polar surface area (TPSA) is 102 Å². The highest BCUT2D eigenvalue weighted by Gasteiger charge is 2.38. The Balaban J connectivity index is 2.06. The second kappa shape index (κ2) is 7.23. The Morgan fingerprint density at radius 2 is 1.93 bits per heavy atom. The third-order valence-corrected chi connectivity index (χ3v) is 5.17. The third kappa shape index (κ3) is 3.70. The Morgan fingerprint density at radius 3 is 2.52 bits per heavy atom. The van der Waals surface area contributed by atoms with E-state index in [1.54, 1.807) is 29.0 Å². The molecule has 0 aromatic heterocycles. The molecule has 0 unspecified atom stereocenters. The second-order valence-electron chi connectivity index (χ2n) is 5.58. The van der Waals surface area contributed by atoms with Crippen LogP contribution in [0.1, 0.15) is 15.9 Å². The van der Waals surface area contributed by atoms with E-state index in [0.717, 1.165) is 18.7 Å². The molecule has 3 rings (SSSR count). The van der Waals surface area contributed by atoms with Gasteiger partial charge < -0.3 is 9.47 Å². The summed E-state index contributed by atoms with van der Waals surface area (Å²) in [4.78, 5) is 23.3. The number of methoxy groups -OCH3 is 1. The zero-order valence-corrected chi connectivity index (χ0v) is 15.0. The summed E-state index contributed by atoms with van der Waals surface area (Å²) in [5.41, 5.74) is -0.249. The molecule has 0 spiro atoms. The first kappa shape index (κ1) is 18.6. The number of anilines is 1. The molecule has 1 aliphatic heterocycles. The van der Waals surface area contributed by atoms with Crippen molar-refractivity contribution in [3.63, 3.8) is 0 Å².